The first kappa shape index (κ1) is 14.9. The lowest BCUT2D eigenvalue weighted by molar-refractivity contribution is -0.134. The van der Waals surface area contributed by atoms with Gasteiger partial charge in [-0.15, -0.1) is 11.3 Å². The maximum absolute atomic E-state index is 12.7. The standard InChI is InChI=1S/C17H22N4OS/c1-19-11-13(10-18-19)15-9-16(15)17(22)21-6-4-20(5-7-21)12-14-3-2-8-23-14/h2-3,8,10-11,15-16H,4-7,9,12H2,1H3/t15-,16-/m0/s1. The van der Waals surface area contributed by atoms with Crippen LogP contribution in [0.3, 0.4) is 0 Å². The van der Waals surface area contributed by atoms with Gasteiger partial charge in [-0.1, -0.05) is 6.07 Å². The van der Waals surface area contributed by atoms with Crippen LogP contribution in [0.2, 0.25) is 0 Å². The lowest BCUT2D eigenvalue weighted by Gasteiger charge is -2.34. The van der Waals surface area contributed by atoms with Gasteiger partial charge in [-0.2, -0.15) is 5.10 Å². The number of piperazine rings is 1. The van der Waals surface area contributed by atoms with Crippen molar-refractivity contribution in [2.75, 3.05) is 26.2 Å². The van der Waals surface area contributed by atoms with Crippen LogP contribution in [0.4, 0.5) is 0 Å². The van der Waals surface area contributed by atoms with Gasteiger partial charge in [-0.05, 0) is 29.3 Å². The molecule has 1 aliphatic heterocycles. The monoisotopic (exact) mass is 330 g/mol. The summed E-state index contributed by atoms with van der Waals surface area (Å²) in [6.45, 7) is 4.70. The molecule has 0 aromatic carbocycles. The molecule has 0 unspecified atom stereocenters. The molecule has 6 heteroatoms. The normalized spacial score (nSPS) is 24.8. The highest BCUT2D eigenvalue weighted by molar-refractivity contribution is 7.09. The average molecular weight is 330 g/mol. The fourth-order valence-corrected chi connectivity index (χ4v) is 4.20. The van der Waals surface area contributed by atoms with Crippen molar-refractivity contribution in [3.05, 3.63) is 40.3 Å². The molecule has 2 aromatic heterocycles. The van der Waals surface area contributed by atoms with Gasteiger partial charge in [0.25, 0.3) is 0 Å². The number of carbonyl (C=O) groups is 1. The fraction of sp³-hybridized carbons (Fsp3) is 0.529. The van der Waals surface area contributed by atoms with Crippen molar-refractivity contribution in [2.45, 2.75) is 18.9 Å². The Hall–Kier alpha value is -1.66. The molecular formula is C17H22N4OS. The SMILES string of the molecule is Cn1cc([C@@H]2C[C@@H]2C(=O)N2CCN(Cc3cccs3)CC2)cn1. The van der Waals surface area contributed by atoms with Gasteiger partial charge in [0, 0.05) is 56.8 Å². The Labute approximate surface area is 140 Å². The molecule has 1 amide bonds. The van der Waals surface area contributed by atoms with Crippen molar-refractivity contribution in [1.82, 2.24) is 19.6 Å². The summed E-state index contributed by atoms with van der Waals surface area (Å²) in [4.78, 5) is 18.6. The summed E-state index contributed by atoms with van der Waals surface area (Å²) in [7, 11) is 1.93. The van der Waals surface area contributed by atoms with Crippen LogP contribution in [-0.2, 0) is 18.4 Å². The summed E-state index contributed by atoms with van der Waals surface area (Å²) in [5.74, 6) is 0.915. The molecule has 1 saturated carbocycles. The first-order valence-corrected chi connectivity index (χ1v) is 9.11. The van der Waals surface area contributed by atoms with Crippen LogP contribution in [0.15, 0.2) is 29.9 Å². The fourth-order valence-electron chi connectivity index (χ4n) is 3.45. The smallest absolute Gasteiger partial charge is 0.226 e. The van der Waals surface area contributed by atoms with E-state index in [1.807, 2.05) is 35.5 Å². The van der Waals surface area contributed by atoms with Crippen molar-refractivity contribution in [3.8, 4) is 0 Å². The maximum atomic E-state index is 12.7. The van der Waals surface area contributed by atoms with Gasteiger partial charge in [0.15, 0.2) is 0 Å². The van der Waals surface area contributed by atoms with E-state index in [2.05, 4.69) is 32.4 Å². The predicted octanol–water partition coefficient (Wildman–Crippen LogP) is 1.93. The second-order valence-corrected chi connectivity index (χ2v) is 7.61. The number of aryl methyl sites for hydroxylation is 1. The van der Waals surface area contributed by atoms with Gasteiger partial charge >= 0.3 is 0 Å². The second kappa shape index (κ2) is 6.09. The zero-order valence-electron chi connectivity index (χ0n) is 13.4. The van der Waals surface area contributed by atoms with Gasteiger partial charge in [-0.25, -0.2) is 0 Å². The van der Waals surface area contributed by atoms with Crippen molar-refractivity contribution in [2.24, 2.45) is 13.0 Å². The van der Waals surface area contributed by atoms with Crippen LogP contribution in [0.25, 0.3) is 0 Å². The Bertz CT molecular complexity index is 673. The van der Waals surface area contributed by atoms with Crippen molar-refractivity contribution in [1.29, 1.82) is 0 Å². The minimum atomic E-state index is 0.183. The Morgan fingerprint density at radius 3 is 2.83 bits per heavy atom. The van der Waals surface area contributed by atoms with E-state index in [-0.39, 0.29) is 5.92 Å². The molecule has 0 spiro atoms. The van der Waals surface area contributed by atoms with Crippen molar-refractivity contribution < 1.29 is 4.79 Å². The molecule has 2 fully saturated rings. The zero-order valence-corrected chi connectivity index (χ0v) is 14.2. The minimum absolute atomic E-state index is 0.183. The molecular weight excluding hydrogens is 308 g/mol. The molecule has 4 rings (SSSR count). The molecule has 1 saturated heterocycles. The third kappa shape index (κ3) is 3.19. The third-order valence-corrected chi connectivity index (χ3v) is 5.77. The number of aromatic nitrogens is 2. The molecule has 2 aliphatic rings. The number of thiophene rings is 1. The number of nitrogens with zero attached hydrogens (tertiary/aromatic N) is 4. The Balaban J connectivity index is 1.28. The summed E-state index contributed by atoms with van der Waals surface area (Å²) in [5, 5.41) is 6.34. The molecule has 2 aromatic rings. The highest BCUT2D eigenvalue weighted by Gasteiger charge is 2.46. The van der Waals surface area contributed by atoms with Crippen LogP contribution < -0.4 is 0 Å². The molecule has 0 bridgehead atoms. The minimum Gasteiger partial charge on any atom is -0.340 e. The van der Waals surface area contributed by atoms with Crippen molar-refractivity contribution >= 4 is 17.2 Å². The van der Waals surface area contributed by atoms with Gasteiger partial charge in [-0.3, -0.25) is 14.4 Å². The molecule has 23 heavy (non-hydrogen) atoms. The van der Waals surface area contributed by atoms with Crippen LogP contribution in [-0.4, -0.2) is 51.7 Å². The third-order valence-electron chi connectivity index (χ3n) is 4.90. The summed E-state index contributed by atoms with van der Waals surface area (Å²) in [6, 6.07) is 4.29. The van der Waals surface area contributed by atoms with E-state index in [1.165, 1.54) is 10.4 Å². The van der Waals surface area contributed by atoms with Gasteiger partial charge in [0.05, 0.1) is 6.20 Å². The lowest BCUT2D eigenvalue weighted by atomic mass is 10.1. The van der Waals surface area contributed by atoms with Gasteiger partial charge in [0.2, 0.25) is 5.91 Å². The van der Waals surface area contributed by atoms with E-state index in [1.54, 1.807) is 0 Å². The number of hydrogen-bond donors (Lipinski definition) is 0. The van der Waals surface area contributed by atoms with Gasteiger partial charge < -0.3 is 4.90 Å². The second-order valence-electron chi connectivity index (χ2n) is 6.58. The summed E-state index contributed by atoms with van der Waals surface area (Å²) >= 11 is 1.81. The van der Waals surface area contributed by atoms with Crippen LogP contribution in [0.5, 0.6) is 0 Å². The number of carbonyl (C=O) groups excluding carboxylic acids is 1. The average Bonchev–Trinajstić information content (AvgIpc) is 2.96. The highest BCUT2D eigenvalue weighted by atomic mass is 32.1. The molecule has 0 radical (unpaired) electrons. The Morgan fingerprint density at radius 1 is 1.35 bits per heavy atom. The van der Waals surface area contributed by atoms with Crippen molar-refractivity contribution in [3.63, 3.8) is 0 Å². The molecule has 1 aliphatic carbocycles. The van der Waals surface area contributed by atoms with E-state index in [0.717, 1.165) is 39.1 Å². The lowest BCUT2D eigenvalue weighted by Crippen LogP contribution is -2.48. The van der Waals surface area contributed by atoms with Crippen LogP contribution in [0, 0.1) is 5.92 Å². The van der Waals surface area contributed by atoms with E-state index < -0.39 is 0 Å². The quantitative estimate of drug-likeness (QED) is 0.860. The van der Waals surface area contributed by atoms with Crippen LogP contribution in [0.1, 0.15) is 22.8 Å². The highest BCUT2D eigenvalue weighted by Crippen LogP contribution is 2.48. The first-order valence-electron chi connectivity index (χ1n) is 8.23. The van der Waals surface area contributed by atoms with Gasteiger partial charge in [0.1, 0.15) is 0 Å². The Morgan fingerprint density at radius 2 is 2.17 bits per heavy atom. The zero-order chi connectivity index (χ0) is 15.8. The van der Waals surface area contributed by atoms with E-state index >= 15 is 0 Å². The van der Waals surface area contributed by atoms with E-state index in [9.17, 15) is 4.79 Å². The molecule has 122 valence electrons. The summed E-state index contributed by atoms with van der Waals surface area (Å²) < 4.78 is 1.82. The molecule has 3 heterocycles. The summed E-state index contributed by atoms with van der Waals surface area (Å²) in [5.41, 5.74) is 1.21. The molecule has 0 N–H and O–H groups in total. The predicted molar refractivity (Wildman–Crippen MR) is 90.2 cm³/mol. The maximum Gasteiger partial charge on any atom is 0.226 e. The van der Waals surface area contributed by atoms with E-state index in [4.69, 9.17) is 0 Å². The first-order chi connectivity index (χ1) is 11.2. The molecule has 2 atom stereocenters. The number of hydrogen-bond acceptors (Lipinski definition) is 4. The molecule has 5 nitrogen and oxygen atoms in total. The Kier molecular flexibility index (Phi) is 3.95. The van der Waals surface area contributed by atoms with Crippen LogP contribution >= 0.6 is 11.3 Å². The topological polar surface area (TPSA) is 41.4 Å². The van der Waals surface area contributed by atoms with E-state index in [0.29, 0.717) is 11.8 Å². The summed E-state index contributed by atoms with van der Waals surface area (Å²) in [6.07, 6.45) is 4.92. The largest absolute Gasteiger partial charge is 0.340 e. The number of amides is 1. The number of rotatable bonds is 4.